The molecule has 6 nitrogen and oxygen atoms in total. The second-order valence-corrected chi connectivity index (χ2v) is 9.99. The Morgan fingerprint density at radius 2 is 1.71 bits per heavy atom. The summed E-state index contributed by atoms with van der Waals surface area (Å²) in [5.41, 5.74) is -0.528. The lowest BCUT2D eigenvalue weighted by Crippen LogP contribution is -2.60. The minimum Gasteiger partial charge on any atom is -0.370 e. The third-order valence-electron chi connectivity index (χ3n) is 6.34. The molecule has 35 heavy (non-hydrogen) atoms. The average molecular weight is 490 g/mol. The topological polar surface area (TPSA) is 66.0 Å². The van der Waals surface area contributed by atoms with E-state index in [1.165, 1.54) is 18.2 Å². The molecule has 1 saturated heterocycles. The van der Waals surface area contributed by atoms with Crippen molar-refractivity contribution in [1.82, 2.24) is 5.32 Å². The average Bonchev–Trinajstić information content (AvgIpc) is 3.11. The summed E-state index contributed by atoms with van der Waals surface area (Å²) in [6.45, 7) is 7.24. The summed E-state index contributed by atoms with van der Waals surface area (Å²) in [4.78, 5) is 13.5. The maximum absolute atomic E-state index is 14.3. The van der Waals surface area contributed by atoms with Gasteiger partial charge in [0.05, 0.1) is 25.4 Å². The van der Waals surface area contributed by atoms with Gasteiger partial charge in [0.1, 0.15) is 17.7 Å². The number of fused-ring (bicyclic) bond motifs is 1. The molecule has 1 aliphatic heterocycles. The number of hydrogen-bond donors (Lipinski definition) is 1. The Morgan fingerprint density at radius 1 is 1.03 bits per heavy atom. The first-order valence-electron chi connectivity index (χ1n) is 12.0. The minimum absolute atomic E-state index is 0.110. The number of ether oxygens (including phenoxy) is 4. The van der Waals surface area contributed by atoms with Gasteiger partial charge in [0.15, 0.2) is 11.4 Å². The first-order chi connectivity index (χ1) is 16.6. The van der Waals surface area contributed by atoms with Gasteiger partial charge < -0.3 is 24.3 Å². The highest BCUT2D eigenvalue weighted by Crippen LogP contribution is 2.44. The summed E-state index contributed by atoms with van der Waals surface area (Å²) in [7, 11) is 0. The largest absolute Gasteiger partial charge is 0.370 e. The molecule has 0 radical (unpaired) electrons. The number of amides is 1. The molecule has 0 unspecified atom stereocenters. The van der Waals surface area contributed by atoms with E-state index >= 15 is 0 Å². The van der Waals surface area contributed by atoms with Crippen LogP contribution in [0.25, 0.3) is 0 Å². The van der Waals surface area contributed by atoms with Crippen LogP contribution >= 0.6 is 0 Å². The van der Waals surface area contributed by atoms with E-state index < -0.39 is 41.3 Å². The summed E-state index contributed by atoms with van der Waals surface area (Å²) >= 11 is 0. The van der Waals surface area contributed by atoms with Crippen molar-refractivity contribution >= 4 is 5.91 Å². The van der Waals surface area contributed by atoms with Crippen molar-refractivity contribution in [2.24, 2.45) is 0 Å². The second-order valence-electron chi connectivity index (χ2n) is 9.99. The standard InChI is InChI=1S/C27H33F2NO5/c1-17(2)30-25(31)27(33-15-18-9-6-5-7-10-18)13-22(24-23(14-27)34-26(3,4)35-24)32-16-19-20(28)11-8-12-21(19)29/h5-12,17,22-24H,13-16H2,1-4H3,(H,30,31)/t22-,23+,24-,27+/m0/s1. The molecule has 190 valence electrons. The van der Waals surface area contributed by atoms with Gasteiger partial charge in [-0.2, -0.15) is 0 Å². The third-order valence-corrected chi connectivity index (χ3v) is 6.34. The van der Waals surface area contributed by atoms with Crippen LogP contribution in [-0.2, 0) is 37.0 Å². The van der Waals surface area contributed by atoms with Crippen molar-refractivity contribution in [3.8, 4) is 0 Å². The summed E-state index contributed by atoms with van der Waals surface area (Å²) in [5.74, 6) is -2.55. The van der Waals surface area contributed by atoms with E-state index in [2.05, 4.69) is 5.32 Å². The lowest BCUT2D eigenvalue weighted by molar-refractivity contribution is -0.184. The molecule has 1 amide bonds. The molecule has 0 bridgehead atoms. The Labute approximate surface area is 204 Å². The van der Waals surface area contributed by atoms with Crippen molar-refractivity contribution in [2.45, 2.75) is 89.5 Å². The van der Waals surface area contributed by atoms with Crippen LogP contribution in [0.2, 0.25) is 0 Å². The van der Waals surface area contributed by atoms with Crippen LogP contribution in [0.5, 0.6) is 0 Å². The zero-order chi connectivity index (χ0) is 25.2. The van der Waals surface area contributed by atoms with Crippen LogP contribution in [0.15, 0.2) is 48.5 Å². The summed E-state index contributed by atoms with van der Waals surface area (Å²) in [6.07, 6.45) is -1.29. The summed E-state index contributed by atoms with van der Waals surface area (Å²) in [5, 5.41) is 2.97. The van der Waals surface area contributed by atoms with E-state index in [9.17, 15) is 13.6 Å². The van der Waals surface area contributed by atoms with Crippen LogP contribution < -0.4 is 5.32 Å². The SMILES string of the molecule is CC(C)NC(=O)[C@@]1(OCc2ccccc2)C[C@H](OCc2c(F)cccc2F)[C@@H]2OC(C)(C)O[C@@H]2C1. The molecule has 2 aromatic carbocycles. The number of carbonyl (C=O) groups excluding carboxylic acids is 1. The molecule has 2 fully saturated rings. The Kier molecular flexibility index (Phi) is 7.57. The lowest BCUT2D eigenvalue weighted by atomic mass is 9.78. The number of halogens is 2. The Hall–Kier alpha value is -2.39. The van der Waals surface area contributed by atoms with Gasteiger partial charge in [-0.1, -0.05) is 36.4 Å². The van der Waals surface area contributed by atoms with Crippen LogP contribution in [0.4, 0.5) is 8.78 Å². The molecular formula is C27H33F2NO5. The van der Waals surface area contributed by atoms with E-state index in [1.54, 1.807) is 13.8 Å². The van der Waals surface area contributed by atoms with Crippen molar-refractivity contribution in [3.05, 3.63) is 71.3 Å². The quantitative estimate of drug-likeness (QED) is 0.585. The highest BCUT2D eigenvalue weighted by Gasteiger charge is 2.58. The maximum Gasteiger partial charge on any atom is 0.252 e. The second kappa shape index (κ2) is 10.3. The van der Waals surface area contributed by atoms with Crippen LogP contribution in [-0.4, -0.2) is 41.6 Å². The molecule has 2 aromatic rings. The Balaban J connectivity index is 1.62. The number of carbonyl (C=O) groups is 1. The number of nitrogens with one attached hydrogen (secondary N) is 1. The van der Waals surface area contributed by atoms with Crippen molar-refractivity contribution in [1.29, 1.82) is 0 Å². The molecular weight excluding hydrogens is 456 g/mol. The zero-order valence-corrected chi connectivity index (χ0v) is 20.6. The molecule has 1 aliphatic carbocycles. The molecule has 0 spiro atoms. The van der Waals surface area contributed by atoms with Gasteiger partial charge in [0, 0.05) is 24.4 Å². The van der Waals surface area contributed by atoms with Gasteiger partial charge in [-0.05, 0) is 45.4 Å². The summed E-state index contributed by atoms with van der Waals surface area (Å²) in [6, 6.07) is 13.1. The van der Waals surface area contributed by atoms with E-state index in [1.807, 2.05) is 44.2 Å². The van der Waals surface area contributed by atoms with Gasteiger partial charge >= 0.3 is 0 Å². The van der Waals surface area contributed by atoms with Crippen molar-refractivity contribution < 1.29 is 32.5 Å². The molecule has 1 N–H and O–H groups in total. The fourth-order valence-electron chi connectivity index (χ4n) is 4.76. The van der Waals surface area contributed by atoms with E-state index in [0.29, 0.717) is 0 Å². The molecule has 0 aromatic heterocycles. The highest BCUT2D eigenvalue weighted by molar-refractivity contribution is 5.85. The number of hydrogen-bond acceptors (Lipinski definition) is 5. The fraction of sp³-hybridized carbons (Fsp3) is 0.519. The number of benzene rings is 2. The molecule has 4 rings (SSSR count). The van der Waals surface area contributed by atoms with Gasteiger partial charge in [-0.3, -0.25) is 4.79 Å². The van der Waals surface area contributed by atoms with Crippen molar-refractivity contribution in [2.75, 3.05) is 0 Å². The van der Waals surface area contributed by atoms with E-state index in [-0.39, 0.29) is 43.6 Å². The Morgan fingerprint density at radius 3 is 2.37 bits per heavy atom. The Bertz CT molecular complexity index is 1010. The summed E-state index contributed by atoms with van der Waals surface area (Å²) < 4.78 is 53.2. The fourth-order valence-corrected chi connectivity index (χ4v) is 4.76. The minimum atomic E-state index is -1.27. The third kappa shape index (κ3) is 5.89. The molecule has 4 atom stereocenters. The molecule has 1 heterocycles. The van der Waals surface area contributed by atoms with Crippen molar-refractivity contribution in [3.63, 3.8) is 0 Å². The predicted molar refractivity (Wildman–Crippen MR) is 125 cm³/mol. The van der Waals surface area contributed by atoms with Gasteiger partial charge in [0.25, 0.3) is 5.91 Å². The first-order valence-corrected chi connectivity index (χ1v) is 12.0. The van der Waals surface area contributed by atoms with Gasteiger partial charge in [-0.15, -0.1) is 0 Å². The first kappa shape index (κ1) is 25.7. The predicted octanol–water partition coefficient (Wildman–Crippen LogP) is 4.64. The van der Waals surface area contributed by atoms with E-state index in [4.69, 9.17) is 18.9 Å². The highest BCUT2D eigenvalue weighted by atomic mass is 19.1. The van der Waals surface area contributed by atoms with Crippen LogP contribution in [0, 0.1) is 11.6 Å². The van der Waals surface area contributed by atoms with Crippen LogP contribution in [0.3, 0.4) is 0 Å². The molecule has 8 heteroatoms. The maximum atomic E-state index is 14.3. The lowest BCUT2D eigenvalue weighted by Gasteiger charge is -2.43. The van der Waals surface area contributed by atoms with Gasteiger partial charge in [0.2, 0.25) is 0 Å². The molecule has 2 aliphatic rings. The van der Waals surface area contributed by atoms with Gasteiger partial charge in [-0.25, -0.2) is 8.78 Å². The van der Waals surface area contributed by atoms with Crippen LogP contribution in [0.1, 0.15) is 51.7 Å². The smallest absolute Gasteiger partial charge is 0.252 e. The molecule has 1 saturated carbocycles. The number of rotatable bonds is 8. The monoisotopic (exact) mass is 489 g/mol. The van der Waals surface area contributed by atoms with E-state index in [0.717, 1.165) is 5.56 Å². The normalized spacial score (nSPS) is 27.6. The zero-order valence-electron chi connectivity index (χ0n) is 20.6.